The Bertz CT molecular complexity index is 875. The maximum Gasteiger partial charge on any atom is 0.308 e. The quantitative estimate of drug-likeness (QED) is 0.372. The highest BCUT2D eigenvalue weighted by molar-refractivity contribution is 5.80. The van der Waals surface area contributed by atoms with Crippen LogP contribution in [0, 0.1) is 15.9 Å². The summed E-state index contributed by atoms with van der Waals surface area (Å²) < 4.78 is 18.3. The molecule has 0 heterocycles. The first-order valence-electron chi connectivity index (χ1n) is 9.05. The molecule has 0 aliphatic rings. The van der Waals surface area contributed by atoms with E-state index in [4.69, 9.17) is 4.74 Å². The fourth-order valence-corrected chi connectivity index (χ4v) is 2.62. The number of esters is 1. The van der Waals surface area contributed by atoms with Crippen molar-refractivity contribution >= 4 is 23.3 Å². The van der Waals surface area contributed by atoms with Gasteiger partial charge >= 0.3 is 5.97 Å². The van der Waals surface area contributed by atoms with E-state index in [1.807, 2.05) is 0 Å². The lowest BCUT2D eigenvalue weighted by Crippen LogP contribution is -2.34. The summed E-state index contributed by atoms with van der Waals surface area (Å²) in [5.74, 6) is -1.38. The average Bonchev–Trinajstić information content (AvgIpc) is 2.70. The summed E-state index contributed by atoms with van der Waals surface area (Å²) in [6.07, 6.45) is -0.0602. The van der Waals surface area contributed by atoms with Crippen molar-refractivity contribution in [3.05, 3.63) is 70.0 Å². The highest BCUT2D eigenvalue weighted by Gasteiger charge is 2.16. The van der Waals surface area contributed by atoms with Crippen LogP contribution in [0.3, 0.4) is 0 Å². The van der Waals surface area contributed by atoms with Gasteiger partial charge in [0.2, 0.25) is 0 Å². The number of anilines is 1. The molecule has 2 rings (SSSR count). The molecule has 29 heavy (non-hydrogen) atoms. The zero-order valence-corrected chi connectivity index (χ0v) is 16.0. The second-order valence-corrected chi connectivity index (χ2v) is 6.15. The molecule has 1 amide bonds. The van der Waals surface area contributed by atoms with Gasteiger partial charge in [0.1, 0.15) is 11.5 Å². The van der Waals surface area contributed by atoms with Crippen LogP contribution in [0.5, 0.6) is 0 Å². The molecule has 8 nitrogen and oxygen atoms in total. The number of carbonyl (C=O) groups is 2. The van der Waals surface area contributed by atoms with E-state index >= 15 is 0 Å². The van der Waals surface area contributed by atoms with Crippen LogP contribution in [0.25, 0.3) is 0 Å². The SMILES string of the molecule is CCN(Cc1cccc(F)c1)C(=O)COC(=O)CCNc1ccccc1[N+](=O)[O-]. The largest absolute Gasteiger partial charge is 0.456 e. The number of likely N-dealkylation sites (N-methyl/N-ethyl adjacent to an activating group) is 1. The number of benzene rings is 2. The van der Waals surface area contributed by atoms with E-state index in [-0.39, 0.29) is 31.0 Å². The molecular formula is C20H22FN3O5. The van der Waals surface area contributed by atoms with Gasteiger partial charge in [0.25, 0.3) is 11.6 Å². The number of amides is 1. The summed E-state index contributed by atoms with van der Waals surface area (Å²) in [6, 6.07) is 12.0. The van der Waals surface area contributed by atoms with Gasteiger partial charge in [0.15, 0.2) is 6.61 Å². The molecule has 0 unspecified atom stereocenters. The number of carbonyl (C=O) groups excluding carboxylic acids is 2. The van der Waals surface area contributed by atoms with Gasteiger partial charge in [-0.2, -0.15) is 0 Å². The number of rotatable bonds is 10. The van der Waals surface area contributed by atoms with Crippen molar-refractivity contribution in [2.75, 3.05) is 25.0 Å². The first-order valence-corrected chi connectivity index (χ1v) is 9.05. The first kappa shape index (κ1) is 21.8. The van der Waals surface area contributed by atoms with Crippen molar-refractivity contribution in [1.82, 2.24) is 4.90 Å². The Morgan fingerprint density at radius 1 is 1.21 bits per heavy atom. The number of para-hydroxylation sites is 2. The summed E-state index contributed by atoms with van der Waals surface area (Å²) in [6.45, 7) is 2.07. The molecule has 154 valence electrons. The Morgan fingerprint density at radius 3 is 2.66 bits per heavy atom. The normalized spacial score (nSPS) is 10.3. The predicted molar refractivity (Wildman–Crippen MR) is 105 cm³/mol. The fraction of sp³-hybridized carbons (Fsp3) is 0.300. The second-order valence-electron chi connectivity index (χ2n) is 6.15. The molecule has 0 aromatic heterocycles. The predicted octanol–water partition coefficient (Wildman–Crippen LogP) is 3.13. The van der Waals surface area contributed by atoms with Gasteiger partial charge in [0, 0.05) is 25.7 Å². The van der Waals surface area contributed by atoms with Gasteiger partial charge in [-0.3, -0.25) is 19.7 Å². The van der Waals surface area contributed by atoms with Gasteiger partial charge < -0.3 is 15.0 Å². The molecule has 0 aliphatic carbocycles. The highest BCUT2D eigenvalue weighted by atomic mass is 19.1. The number of hydrogen-bond acceptors (Lipinski definition) is 6. The third-order valence-corrected chi connectivity index (χ3v) is 4.10. The summed E-state index contributed by atoms with van der Waals surface area (Å²) in [7, 11) is 0. The Kier molecular flexibility index (Phi) is 8.08. The lowest BCUT2D eigenvalue weighted by atomic mass is 10.2. The number of nitrogens with one attached hydrogen (secondary N) is 1. The molecular weight excluding hydrogens is 381 g/mol. The average molecular weight is 403 g/mol. The van der Waals surface area contributed by atoms with Gasteiger partial charge in [-0.1, -0.05) is 24.3 Å². The summed E-state index contributed by atoms with van der Waals surface area (Å²) >= 11 is 0. The molecule has 9 heteroatoms. The lowest BCUT2D eigenvalue weighted by molar-refractivity contribution is -0.384. The second kappa shape index (κ2) is 10.7. The highest BCUT2D eigenvalue weighted by Crippen LogP contribution is 2.22. The Labute approximate surface area is 167 Å². The van der Waals surface area contributed by atoms with Crippen molar-refractivity contribution in [3.8, 4) is 0 Å². The zero-order valence-electron chi connectivity index (χ0n) is 16.0. The third kappa shape index (κ3) is 6.87. The molecule has 0 aliphatic heterocycles. The van der Waals surface area contributed by atoms with E-state index in [1.54, 1.807) is 37.3 Å². The maximum absolute atomic E-state index is 13.3. The molecule has 0 fully saturated rings. The van der Waals surface area contributed by atoms with Crippen LogP contribution >= 0.6 is 0 Å². The van der Waals surface area contributed by atoms with E-state index in [2.05, 4.69) is 5.32 Å². The van der Waals surface area contributed by atoms with Crippen LogP contribution in [0.2, 0.25) is 0 Å². The molecule has 1 N–H and O–H groups in total. The van der Waals surface area contributed by atoms with Crippen molar-refractivity contribution in [2.45, 2.75) is 19.9 Å². The fourth-order valence-electron chi connectivity index (χ4n) is 2.62. The van der Waals surface area contributed by atoms with Crippen LogP contribution in [-0.2, 0) is 20.9 Å². The van der Waals surface area contributed by atoms with E-state index in [1.165, 1.54) is 23.1 Å². The van der Waals surface area contributed by atoms with Crippen molar-refractivity contribution in [2.24, 2.45) is 0 Å². The van der Waals surface area contributed by atoms with E-state index < -0.39 is 23.4 Å². The lowest BCUT2D eigenvalue weighted by Gasteiger charge is -2.21. The number of hydrogen-bond donors (Lipinski definition) is 1. The third-order valence-electron chi connectivity index (χ3n) is 4.10. The maximum atomic E-state index is 13.3. The van der Waals surface area contributed by atoms with Gasteiger partial charge in [-0.05, 0) is 30.7 Å². The topological polar surface area (TPSA) is 102 Å². The molecule has 0 atom stereocenters. The van der Waals surface area contributed by atoms with Crippen LogP contribution in [0.1, 0.15) is 18.9 Å². The van der Waals surface area contributed by atoms with E-state index in [9.17, 15) is 24.1 Å². The number of nitro groups is 1. The first-order chi connectivity index (χ1) is 13.9. The van der Waals surface area contributed by atoms with Crippen LogP contribution < -0.4 is 5.32 Å². The zero-order chi connectivity index (χ0) is 21.2. The van der Waals surface area contributed by atoms with E-state index in [0.717, 1.165) is 0 Å². The number of ether oxygens (including phenoxy) is 1. The Balaban J connectivity index is 1.77. The van der Waals surface area contributed by atoms with Crippen LogP contribution in [0.4, 0.5) is 15.8 Å². The summed E-state index contributed by atoms with van der Waals surface area (Å²) in [5, 5.41) is 13.8. The van der Waals surface area contributed by atoms with Gasteiger partial charge in [-0.15, -0.1) is 0 Å². The number of nitro benzene ring substituents is 1. The molecule has 0 spiro atoms. The minimum atomic E-state index is -0.605. The molecule has 0 saturated heterocycles. The summed E-state index contributed by atoms with van der Waals surface area (Å²) in [5.41, 5.74) is 0.848. The minimum absolute atomic E-state index is 0.0602. The van der Waals surface area contributed by atoms with Crippen LogP contribution in [0.15, 0.2) is 48.5 Å². The Morgan fingerprint density at radius 2 is 1.97 bits per heavy atom. The van der Waals surface area contributed by atoms with E-state index in [0.29, 0.717) is 17.8 Å². The molecule has 2 aromatic rings. The monoisotopic (exact) mass is 403 g/mol. The number of nitrogens with zero attached hydrogens (tertiary/aromatic N) is 2. The van der Waals surface area contributed by atoms with Crippen LogP contribution in [-0.4, -0.2) is 41.4 Å². The summed E-state index contributed by atoms with van der Waals surface area (Å²) in [4.78, 5) is 36.0. The van der Waals surface area contributed by atoms with Crippen molar-refractivity contribution < 1.29 is 23.6 Å². The standard InChI is InChI=1S/C20H22FN3O5/c1-2-23(13-15-6-5-7-16(21)12-15)19(25)14-29-20(26)10-11-22-17-8-3-4-9-18(17)24(27)28/h3-9,12,22H,2,10-11,13-14H2,1H3. The van der Waals surface area contributed by atoms with Crippen molar-refractivity contribution in [1.29, 1.82) is 0 Å². The molecule has 0 saturated carbocycles. The Hall–Kier alpha value is -3.49. The molecule has 0 radical (unpaired) electrons. The van der Waals surface area contributed by atoms with Gasteiger partial charge in [0.05, 0.1) is 11.3 Å². The molecule has 2 aromatic carbocycles. The van der Waals surface area contributed by atoms with Gasteiger partial charge in [-0.25, -0.2) is 4.39 Å². The number of halogens is 1. The van der Waals surface area contributed by atoms with Crippen molar-refractivity contribution in [3.63, 3.8) is 0 Å². The molecule has 0 bridgehead atoms. The minimum Gasteiger partial charge on any atom is -0.456 e. The smallest absolute Gasteiger partial charge is 0.308 e.